The number of ketones is 1. The fourth-order valence-electron chi connectivity index (χ4n) is 5.22. The zero-order valence-corrected chi connectivity index (χ0v) is 20.6. The summed E-state index contributed by atoms with van der Waals surface area (Å²) in [6, 6.07) is 14.1. The fraction of sp³-hybridized carbons (Fsp3) is 0.567. The molecule has 4 heteroatoms. The maximum atomic E-state index is 12.7. The Morgan fingerprint density at radius 2 is 1.82 bits per heavy atom. The van der Waals surface area contributed by atoms with Gasteiger partial charge in [0.15, 0.2) is 5.78 Å². The van der Waals surface area contributed by atoms with Gasteiger partial charge in [-0.2, -0.15) is 0 Å². The van der Waals surface area contributed by atoms with E-state index in [4.69, 9.17) is 9.47 Å². The molecule has 0 radical (unpaired) electrons. The number of benzene rings is 2. The van der Waals surface area contributed by atoms with Crippen molar-refractivity contribution >= 4 is 5.78 Å². The van der Waals surface area contributed by atoms with Gasteiger partial charge in [0.05, 0.1) is 12.7 Å². The molecule has 4 rings (SSSR count). The molecule has 1 aliphatic carbocycles. The van der Waals surface area contributed by atoms with Crippen LogP contribution in [-0.2, 0) is 12.8 Å². The number of aliphatic hydroxyl groups is 1. The van der Waals surface area contributed by atoms with Crippen molar-refractivity contribution < 1.29 is 19.4 Å². The second-order valence-corrected chi connectivity index (χ2v) is 10.2. The zero-order valence-electron chi connectivity index (χ0n) is 20.6. The van der Waals surface area contributed by atoms with Gasteiger partial charge in [0.2, 0.25) is 0 Å². The summed E-state index contributed by atoms with van der Waals surface area (Å²) in [6.07, 6.45) is 12.0. The van der Waals surface area contributed by atoms with Gasteiger partial charge in [-0.25, -0.2) is 0 Å². The average Bonchev–Trinajstić information content (AvgIpc) is 3.14. The highest BCUT2D eigenvalue weighted by molar-refractivity contribution is 5.96. The second-order valence-electron chi connectivity index (χ2n) is 10.2. The predicted molar refractivity (Wildman–Crippen MR) is 136 cm³/mol. The fourth-order valence-corrected chi connectivity index (χ4v) is 5.22. The highest BCUT2D eigenvalue weighted by Gasteiger charge is 2.22. The molecule has 0 bridgehead atoms. The molecule has 4 nitrogen and oxygen atoms in total. The summed E-state index contributed by atoms with van der Waals surface area (Å²) in [5.41, 5.74) is 3.41. The molecule has 0 aromatic heterocycles. The van der Waals surface area contributed by atoms with Gasteiger partial charge in [0.25, 0.3) is 0 Å². The maximum Gasteiger partial charge on any atom is 0.162 e. The lowest BCUT2D eigenvalue weighted by molar-refractivity contribution is 0.0964. The van der Waals surface area contributed by atoms with Crippen LogP contribution in [0.1, 0.15) is 86.2 Å². The first-order valence-electron chi connectivity index (χ1n) is 13.3. The quantitative estimate of drug-likeness (QED) is 0.319. The lowest BCUT2D eigenvalue weighted by Gasteiger charge is -2.26. The third-order valence-corrected chi connectivity index (χ3v) is 7.48. The molecule has 2 atom stereocenters. The number of hydrogen-bond donors (Lipinski definition) is 1. The molecule has 0 unspecified atom stereocenters. The summed E-state index contributed by atoms with van der Waals surface area (Å²) in [7, 11) is 0. The van der Waals surface area contributed by atoms with Crippen molar-refractivity contribution in [1.82, 2.24) is 0 Å². The smallest absolute Gasteiger partial charge is 0.162 e. The molecule has 0 saturated heterocycles. The molecule has 2 aliphatic rings. The van der Waals surface area contributed by atoms with Crippen LogP contribution in [0.15, 0.2) is 42.5 Å². The lowest BCUT2D eigenvalue weighted by atomic mass is 9.88. The van der Waals surface area contributed by atoms with Gasteiger partial charge < -0.3 is 14.6 Å². The first kappa shape index (κ1) is 24.8. The molecular weight excluding hydrogens is 424 g/mol. The highest BCUT2D eigenvalue weighted by Crippen LogP contribution is 2.33. The van der Waals surface area contributed by atoms with Gasteiger partial charge in [-0.3, -0.25) is 4.79 Å². The maximum absolute atomic E-state index is 12.7. The van der Waals surface area contributed by atoms with Gasteiger partial charge in [-0.15, -0.1) is 0 Å². The Morgan fingerprint density at radius 1 is 1.06 bits per heavy atom. The molecule has 0 amide bonds. The van der Waals surface area contributed by atoms with Crippen molar-refractivity contribution in [2.24, 2.45) is 11.8 Å². The van der Waals surface area contributed by atoms with Crippen molar-refractivity contribution in [3.8, 4) is 11.5 Å². The number of carbonyl (C=O) groups is 1. The van der Waals surface area contributed by atoms with Gasteiger partial charge >= 0.3 is 0 Å². The minimum absolute atomic E-state index is 0.157. The molecule has 0 spiro atoms. The summed E-state index contributed by atoms with van der Waals surface area (Å²) in [5.74, 6) is 3.09. The molecule has 1 saturated carbocycles. The van der Waals surface area contributed by atoms with E-state index in [0.29, 0.717) is 36.7 Å². The van der Waals surface area contributed by atoms with Gasteiger partial charge in [-0.1, -0.05) is 57.6 Å². The number of carbonyl (C=O) groups excluding carboxylic acids is 1. The Bertz CT molecular complexity index is 912. The Hall–Kier alpha value is -2.33. The normalized spacial score (nSPS) is 19.5. The molecule has 1 aliphatic heterocycles. The molecule has 2 aromatic carbocycles. The predicted octanol–water partition coefficient (Wildman–Crippen LogP) is 6.56. The van der Waals surface area contributed by atoms with Crippen LogP contribution in [0.3, 0.4) is 0 Å². The van der Waals surface area contributed by atoms with E-state index in [9.17, 15) is 9.90 Å². The van der Waals surface area contributed by atoms with E-state index < -0.39 is 6.10 Å². The van der Waals surface area contributed by atoms with E-state index in [-0.39, 0.29) is 12.4 Å². The van der Waals surface area contributed by atoms with Crippen molar-refractivity contribution in [2.75, 3.05) is 13.2 Å². The largest absolute Gasteiger partial charge is 0.493 e. The topological polar surface area (TPSA) is 55.8 Å². The van der Waals surface area contributed by atoms with Crippen LogP contribution in [-0.4, -0.2) is 30.2 Å². The first-order chi connectivity index (χ1) is 16.6. The third kappa shape index (κ3) is 7.09. The van der Waals surface area contributed by atoms with Crippen LogP contribution in [0.2, 0.25) is 0 Å². The van der Waals surface area contributed by atoms with Crippen LogP contribution in [0.25, 0.3) is 0 Å². The lowest BCUT2D eigenvalue weighted by Crippen LogP contribution is -2.22. The van der Waals surface area contributed by atoms with E-state index >= 15 is 0 Å². The number of ether oxygens (including phenoxy) is 2. The summed E-state index contributed by atoms with van der Waals surface area (Å²) in [4.78, 5) is 12.7. The molecule has 1 N–H and O–H groups in total. The third-order valence-electron chi connectivity index (χ3n) is 7.48. The van der Waals surface area contributed by atoms with Crippen LogP contribution >= 0.6 is 0 Å². The van der Waals surface area contributed by atoms with Crippen molar-refractivity contribution in [2.45, 2.75) is 83.7 Å². The second kappa shape index (κ2) is 12.4. The summed E-state index contributed by atoms with van der Waals surface area (Å²) in [5, 5.41) is 9.62. The summed E-state index contributed by atoms with van der Waals surface area (Å²) < 4.78 is 11.7. The highest BCUT2D eigenvalue weighted by atomic mass is 16.5. The van der Waals surface area contributed by atoms with Crippen LogP contribution in [0, 0.1) is 11.8 Å². The standard InChI is InChI=1S/C30H40O4/c1-2-27(31)21-33-28-14-12-25(13-15-28)29(32)16-10-24-18-26-11-9-23(19-30(26)34-20-24)17-22-7-5-3-4-6-8-22/h9,11-15,19,22,24,27,31H,2-8,10,16-18,20-21H2,1H3/t24-,27-/m1/s1. The Balaban J connectivity index is 1.24. The minimum Gasteiger partial charge on any atom is -0.493 e. The van der Waals surface area contributed by atoms with Crippen LogP contribution in [0.4, 0.5) is 0 Å². The molecule has 1 fully saturated rings. The molecule has 34 heavy (non-hydrogen) atoms. The van der Waals surface area contributed by atoms with Crippen molar-refractivity contribution in [1.29, 1.82) is 0 Å². The Labute approximate surface area is 204 Å². The van der Waals surface area contributed by atoms with E-state index in [0.717, 1.165) is 24.5 Å². The number of rotatable bonds is 10. The van der Waals surface area contributed by atoms with Crippen molar-refractivity contribution in [3.05, 3.63) is 59.2 Å². The minimum atomic E-state index is -0.461. The SMILES string of the molecule is CC[C@@H](O)COc1ccc(C(=O)CC[C@H]2COc3cc(CC4CCCCCC4)ccc3C2)cc1. The molecule has 1 heterocycles. The zero-order chi connectivity index (χ0) is 23.8. The van der Waals surface area contributed by atoms with Crippen molar-refractivity contribution in [3.63, 3.8) is 0 Å². The van der Waals surface area contributed by atoms with Crippen LogP contribution < -0.4 is 9.47 Å². The number of fused-ring (bicyclic) bond motifs is 1. The molecular formula is C30H40O4. The average molecular weight is 465 g/mol. The van der Waals surface area contributed by atoms with Crippen LogP contribution in [0.5, 0.6) is 11.5 Å². The number of aliphatic hydroxyl groups excluding tert-OH is 1. The van der Waals surface area contributed by atoms with Gasteiger partial charge in [0.1, 0.15) is 18.1 Å². The monoisotopic (exact) mass is 464 g/mol. The van der Waals surface area contributed by atoms with Gasteiger partial charge in [0, 0.05) is 12.0 Å². The summed E-state index contributed by atoms with van der Waals surface area (Å²) >= 11 is 0. The number of hydrogen-bond acceptors (Lipinski definition) is 4. The summed E-state index contributed by atoms with van der Waals surface area (Å²) in [6.45, 7) is 2.89. The van der Waals surface area contributed by atoms with E-state index in [1.807, 2.05) is 31.2 Å². The van der Waals surface area contributed by atoms with E-state index in [1.165, 1.54) is 56.1 Å². The van der Waals surface area contributed by atoms with Gasteiger partial charge in [-0.05, 0) is 79.0 Å². The Morgan fingerprint density at radius 3 is 2.56 bits per heavy atom. The molecule has 2 aromatic rings. The van der Waals surface area contributed by atoms with E-state index in [2.05, 4.69) is 18.2 Å². The first-order valence-corrected chi connectivity index (χ1v) is 13.3. The Kier molecular flexibility index (Phi) is 9.04. The molecule has 184 valence electrons. The van der Waals surface area contributed by atoms with E-state index in [1.54, 1.807) is 0 Å². The number of Topliss-reactive ketones (excluding diaryl/α,β-unsaturated/α-hetero) is 1.